The Kier molecular flexibility index (Phi) is 7.64. The first-order valence-electron chi connectivity index (χ1n) is 10.9. The van der Waals surface area contributed by atoms with E-state index in [-0.39, 0.29) is 36.6 Å². The number of halogens is 1. The lowest BCUT2D eigenvalue weighted by molar-refractivity contribution is 0.0378. The van der Waals surface area contributed by atoms with Crippen molar-refractivity contribution in [3.8, 4) is 5.75 Å². The first kappa shape index (κ1) is 23.9. The molecule has 32 heavy (non-hydrogen) atoms. The van der Waals surface area contributed by atoms with Crippen molar-refractivity contribution in [1.82, 2.24) is 5.32 Å². The van der Waals surface area contributed by atoms with E-state index in [1.54, 1.807) is 6.07 Å². The van der Waals surface area contributed by atoms with E-state index in [9.17, 15) is 4.79 Å². The summed E-state index contributed by atoms with van der Waals surface area (Å²) in [7, 11) is 2.03. The van der Waals surface area contributed by atoms with Gasteiger partial charge >= 0.3 is 5.97 Å². The number of esters is 1. The molecule has 2 atom stereocenters. The number of fused-ring (bicyclic) bond motifs is 2. The van der Waals surface area contributed by atoms with Crippen molar-refractivity contribution in [2.45, 2.75) is 39.0 Å². The Bertz CT molecular complexity index is 1080. The number of benzene rings is 3. The Balaban J connectivity index is 0.00000289. The van der Waals surface area contributed by atoms with E-state index in [1.165, 1.54) is 16.3 Å². The van der Waals surface area contributed by atoms with Gasteiger partial charge in [0.25, 0.3) is 0 Å². The molecule has 0 saturated carbocycles. The molecular weight excluding hydrogens is 424 g/mol. The highest BCUT2D eigenvalue weighted by Crippen LogP contribution is 2.34. The lowest BCUT2D eigenvalue weighted by atomic mass is 9.99. The second-order valence-corrected chi connectivity index (χ2v) is 8.46. The highest BCUT2D eigenvalue weighted by atomic mass is 35.5. The topological polar surface area (TPSA) is 50.8 Å². The number of hydrogen-bond acceptors (Lipinski definition) is 5. The predicted octanol–water partition coefficient (Wildman–Crippen LogP) is 5.37. The second kappa shape index (κ2) is 10.2. The van der Waals surface area contributed by atoms with Gasteiger partial charge in [-0.2, -0.15) is 0 Å². The maximum atomic E-state index is 12.2. The van der Waals surface area contributed by atoms with Crippen LogP contribution in [0.25, 0.3) is 10.8 Å². The molecule has 3 aromatic rings. The van der Waals surface area contributed by atoms with Gasteiger partial charge in [-0.15, -0.1) is 12.4 Å². The smallest absolute Gasteiger partial charge is 0.338 e. The van der Waals surface area contributed by atoms with Crippen LogP contribution in [0.1, 0.15) is 42.7 Å². The number of nitrogens with one attached hydrogen (secondary N) is 1. The molecule has 0 aliphatic carbocycles. The van der Waals surface area contributed by atoms with Crippen LogP contribution in [0, 0.1) is 0 Å². The number of carbonyl (C=O) groups is 1. The number of rotatable bonds is 6. The highest BCUT2D eigenvalue weighted by Gasteiger charge is 2.25. The molecule has 0 bridgehead atoms. The molecule has 1 unspecified atom stereocenters. The molecule has 0 spiro atoms. The summed E-state index contributed by atoms with van der Waals surface area (Å²) in [5.74, 6) is 0.485. The van der Waals surface area contributed by atoms with Gasteiger partial charge in [0.2, 0.25) is 0 Å². The largest absolute Gasteiger partial charge is 0.485 e. The van der Waals surface area contributed by atoms with E-state index in [1.807, 2.05) is 33.0 Å². The van der Waals surface area contributed by atoms with Gasteiger partial charge in [0.05, 0.1) is 23.9 Å². The Morgan fingerprint density at radius 3 is 2.66 bits per heavy atom. The van der Waals surface area contributed by atoms with Gasteiger partial charge in [-0.05, 0) is 55.3 Å². The van der Waals surface area contributed by atoms with Crippen LogP contribution in [0.3, 0.4) is 0 Å². The summed E-state index contributed by atoms with van der Waals surface area (Å²) in [4.78, 5) is 14.4. The lowest BCUT2D eigenvalue weighted by Crippen LogP contribution is -2.44. The molecule has 3 aromatic carbocycles. The molecule has 4 rings (SSSR count). The second-order valence-electron chi connectivity index (χ2n) is 8.46. The van der Waals surface area contributed by atoms with Gasteiger partial charge in [0, 0.05) is 19.6 Å². The molecule has 6 heteroatoms. The van der Waals surface area contributed by atoms with Crippen LogP contribution in [0.2, 0.25) is 0 Å². The quantitative estimate of drug-likeness (QED) is 0.507. The van der Waals surface area contributed by atoms with Crippen molar-refractivity contribution in [2.24, 2.45) is 0 Å². The third-order valence-corrected chi connectivity index (χ3v) is 5.66. The molecule has 0 saturated heterocycles. The van der Waals surface area contributed by atoms with E-state index in [0.29, 0.717) is 5.56 Å². The van der Waals surface area contributed by atoms with E-state index in [2.05, 4.69) is 59.6 Å². The SMILES string of the molecule is CC(C)OC(=O)c1ccc2c(c1)N(C)CC(CN[C@H](C)c1cccc3ccccc13)O2.Cl. The highest BCUT2D eigenvalue weighted by molar-refractivity contribution is 5.91. The molecule has 1 heterocycles. The van der Waals surface area contributed by atoms with Crippen LogP contribution in [0.4, 0.5) is 5.69 Å². The van der Waals surface area contributed by atoms with Gasteiger partial charge < -0.3 is 19.7 Å². The zero-order chi connectivity index (χ0) is 22.0. The molecule has 0 radical (unpaired) electrons. The summed E-state index contributed by atoms with van der Waals surface area (Å²) in [6.07, 6.45) is -0.125. The van der Waals surface area contributed by atoms with Crippen molar-refractivity contribution < 1.29 is 14.3 Å². The molecule has 1 aliphatic rings. The van der Waals surface area contributed by atoms with Crippen LogP contribution in [0.15, 0.2) is 60.7 Å². The molecule has 0 aromatic heterocycles. The minimum Gasteiger partial charge on any atom is -0.485 e. The van der Waals surface area contributed by atoms with Crippen molar-refractivity contribution in [3.05, 3.63) is 71.8 Å². The standard InChI is InChI=1S/C26H30N2O3.ClH/c1-17(2)30-26(29)20-12-13-25-24(14-20)28(4)16-21(31-25)15-27-18(3)22-11-7-9-19-8-5-6-10-23(19)22;/h5-14,17-18,21,27H,15-16H2,1-4H3;1H/t18-,21?;/m1./s1. The Hall–Kier alpha value is -2.76. The zero-order valence-corrected chi connectivity index (χ0v) is 19.8. The van der Waals surface area contributed by atoms with Crippen LogP contribution in [-0.4, -0.2) is 38.3 Å². The van der Waals surface area contributed by atoms with Crippen molar-refractivity contribution in [1.29, 1.82) is 0 Å². The minimum absolute atomic E-state index is 0. The summed E-state index contributed by atoms with van der Waals surface area (Å²) in [6, 6.07) is 20.6. The molecule has 0 fully saturated rings. The fourth-order valence-corrected chi connectivity index (χ4v) is 4.10. The molecule has 5 nitrogen and oxygen atoms in total. The normalized spacial score (nSPS) is 16.2. The summed E-state index contributed by atoms with van der Waals surface area (Å²) in [6.45, 7) is 7.36. The third-order valence-electron chi connectivity index (χ3n) is 5.66. The number of likely N-dealkylation sites (N-methyl/N-ethyl adjacent to an activating group) is 1. The van der Waals surface area contributed by atoms with Crippen LogP contribution in [0.5, 0.6) is 5.75 Å². The first-order valence-corrected chi connectivity index (χ1v) is 10.9. The van der Waals surface area contributed by atoms with E-state index < -0.39 is 0 Å². The summed E-state index contributed by atoms with van der Waals surface area (Å²) < 4.78 is 11.5. The number of anilines is 1. The van der Waals surface area contributed by atoms with E-state index in [0.717, 1.165) is 24.5 Å². The van der Waals surface area contributed by atoms with Gasteiger partial charge in [-0.3, -0.25) is 0 Å². The van der Waals surface area contributed by atoms with Gasteiger partial charge in [0.1, 0.15) is 11.9 Å². The Morgan fingerprint density at radius 2 is 1.88 bits per heavy atom. The minimum atomic E-state index is -0.307. The van der Waals surface area contributed by atoms with E-state index >= 15 is 0 Å². The maximum absolute atomic E-state index is 12.2. The maximum Gasteiger partial charge on any atom is 0.338 e. The van der Waals surface area contributed by atoms with Crippen LogP contribution >= 0.6 is 12.4 Å². The monoisotopic (exact) mass is 454 g/mol. The summed E-state index contributed by atoms with van der Waals surface area (Å²) in [5.41, 5.74) is 2.75. The lowest BCUT2D eigenvalue weighted by Gasteiger charge is -2.34. The van der Waals surface area contributed by atoms with Crippen molar-refractivity contribution in [3.63, 3.8) is 0 Å². The zero-order valence-electron chi connectivity index (χ0n) is 19.0. The molecular formula is C26H31ClN2O3. The van der Waals surface area contributed by atoms with Crippen LogP contribution < -0.4 is 15.0 Å². The van der Waals surface area contributed by atoms with Crippen LogP contribution in [-0.2, 0) is 4.74 Å². The molecule has 0 amide bonds. The summed E-state index contributed by atoms with van der Waals surface area (Å²) >= 11 is 0. The Morgan fingerprint density at radius 1 is 1.12 bits per heavy atom. The third kappa shape index (κ3) is 5.17. The number of hydrogen-bond donors (Lipinski definition) is 1. The molecule has 1 N–H and O–H groups in total. The average molecular weight is 455 g/mol. The number of ether oxygens (including phenoxy) is 2. The average Bonchev–Trinajstić information content (AvgIpc) is 2.76. The summed E-state index contributed by atoms with van der Waals surface area (Å²) in [5, 5.41) is 6.17. The fourth-order valence-electron chi connectivity index (χ4n) is 4.10. The number of nitrogens with zero attached hydrogens (tertiary/aromatic N) is 1. The van der Waals surface area contributed by atoms with Crippen molar-refractivity contribution >= 4 is 34.8 Å². The predicted molar refractivity (Wildman–Crippen MR) is 132 cm³/mol. The van der Waals surface area contributed by atoms with Gasteiger partial charge in [-0.1, -0.05) is 42.5 Å². The molecule has 170 valence electrons. The Labute approximate surface area is 196 Å². The first-order chi connectivity index (χ1) is 14.9. The molecule has 1 aliphatic heterocycles. The number of carbonyl (C=O) groups excluding carboxylic acids is 1. The van der Waals surface area contributed by atoms with E-state index in [4.69, 9.17) is 9.47 Å². The van der Waals surface area contributed by atoms with Crippen molar-refractivity contribution in [2.75, 3.05) is 25.0 Å². The van der Waals surface area contributed by atoms with Gasteiger partial charge in [0.15, 0.2) is 0 Å². The van der Waals surface area contributed by atoms with Gasteiger partial charge in [-0.25, -0.2) is 4.79 Å². The fraction of sp³-hybridized carbons (Fsp3) is 0.346.